The van der Waals surface area contributed by atoms with Gasteiger partial charge in [-0.15, -0.1) is 0 Å². The Morgan fingerprint density at radius 1 is 1.47 bits per heavy atom. The number of nitrogens with two attached hydrogens (primary N) is 1. The second-order valence-electron chi connectivity index (χ2n) is 4.84. The van der Waals surface area contributed by atoms with Gasteiger partial charge in [0.1, 0.15) is 6.04 Å². The van der Waals surface area contributed by atoms with Crippen LogP contribution in [0.1, 0.15) is 19.8 Å². The number of carboxylic acid groups (broad SMARTS) is 2. The van der Waals surface area contributed by atoms with Crippen LogP contribution in [0.25, 0.3) is 0 Å². The summed E-state index contributed by atoms with van der Waals surface area (Å²) < 4.78 is 5.11. The SMILES string of the molecule is CC1(C(=O)NC(CCC(=O)O)C(=O)O)COCC1N. The fourth-order valence-electron chi connectivity index (χ4n) is 1.77. The third-order valence-corrected chi connectivity index (χ3v) is 3.29. The number of amides is 1. The lowest BCUT2D eigenvalue weighted by Gasteiger charge is -2.27. The summed E-state index contributed by atoms with van der Waals surface area (Å²) in [5, 5.41) is 19.8. The highest BCUT2D eigenvalue weighted by atomic mass is 16.5. The molecule has 3 unspecified atom stereocenters. The number of hydrogen-bond donors (Lipinski definition) is 4. The number of hydrogen-bond acceptors (Lipinski definition) is 5. The van der Waals surface area contributed by atoms with Crippen molar-refractivity contribution >= 4 is 17.8 Å². The smallest absolute Gasteiger partial charge is 0.326 e. The zero-order valence-electron chi connectivity index (χ0n) is 10.6. The van der Waals surface area contributed by atoms with E-state index in [9.17, 15) is 14.4 Å². The van der Waals surface area contributed by atoms with E-state index in [1.54, 1.807) is 6.92 Å². The second kappa shape index (κ2) is 5.98. The van der Waals surface area contributed by atoms with Crippen LogP contribution >= 0.6 is 0 Å². The topological polar surface area (TPSA) is 139 Å². The summed E-state index contributed by atoms with van der Waals surface area (Å²) in [6, 6.07) is -1.75. The van der Waals surface area contributed by atoms with Crippen LogP contribution in [0.4, 0.5) is 0 Å². The molecule has 1 heterocycles. The lowest BCUT2D eigenvalue weighted by molar-refractivity contribution is -0.145. The fourth-order valence-corrected chi connectivity index (χ4v) is 1.77. The van der Waals surface area contributed by atoms with Gasteiger partial charge in [0.2, 0.25) is 5.91 Å². The Morgan fingerprint density at radius 2 is 2.11 bits per heavy atom. The van der Waals surface area contributed by atoms with E-state index in [1.807, 2.05) is 0 Å². The van der Waals surface area contributed by atoms with Gasteiger partial charge in [-0.3, -0.25) is 9.59 Å². The van der Waals surface area contributed by atoms with Crippen molar-refractivity contribution in [2.24, 2.45) is 11.1 Å². The Balaban J connectivity index is 2.66. The van der Waals surface area contributed by atoms with Crippen molar-refractivity contribution in [1.29, 1.82) is 0 Å². The molecule has 0 aromatic carbocycles. The van der Waals surface area contributed by atoms with Crippen molar-refractivity contribution in [3.63, 3.8) is 0 Å². The van der Waals surface area contributed by atoms with Crippen molar-refractivity contribution in [2.45, 2.75) is 31.8 Å². The van der Waals surface area contributed by atoms with Crippen LogP contribution in [0.5, 0.6) is 0 Å². The summed E-state index contributed by atoms with van der Waals surface area (Å²) in [5.41, 5.74) is 4.77. The molecule has 8 nitrogen and oxygen atoms in total. The highest BCUT2D eigenvalue weighted by Gasteiger charge is 2.45. The van der Waals surface area contributed by atoms with Gasteiger partial charge in [0.25, 0.3) is 0 Å². The molecule has 1 saturated heterocycles. The predicted octanol–water partition coefficient (Wildman–Crippen LogP) is -1.22. The molecule has 1 amide bonds. The largest absolute Gasteiger partial charge is 0.481 e. The molecule has 0 saturated carbocycles. The summed E-state index contributed by atoms with van der Waals surface area (Å²) in [7, 11) is 0. The van der Waals surface area contributed by atoms with Gasteiger partial charge in [-0.2, -0.15) is 0 Å². The average Bonchev–Trinajstić information content (AvgIpc) is 2.65. The molecule has 0 aliphatic carbocycles. The van der Waals surface area contributed by atoms with Crippen molar-refractivity contribution < 1.29 is 29.3 Å². The van der Waals surface area contributed by atoms with Crippen LogP contribution in [0.3, 0.4) is 0 Å². The maximum Gasteiger partial charge on any atom is 0.326 e. The van der Waals surface area contributed by atoms with Crippen LogP contribution in [0.15, 0.2) is 0 Å². The summed E-state index contributed by atoms with van der Waals surface area (Å²) in [6.07, 6.45) is -0.515. The highest BCUT2D eigenvalue weighted by Crippen LogP contribution is 2.27. The minimum atomic E-state index is -1.27. The Bertz CT molecular complexity index is 385. The van der Waals surface area contributed by atoms with Crippen LogP contribution in [0, 0.1) is 5.41 Å². The van der Waals surface area contributed by atoms with Gasteiger partial charge in [-0.1, -0.05) is 0 Å². The molecular weight excluding hydrogens is 256 g/mol. The average molecular weight is 274 g/mol. The molecule has 1 aliphatic heterocycles. The van der Waals surface area contributed by atoms with E-state index < -0.39 is 35.3 Å². The Hall–Kier alpha value is -1.67. The van der Waals surface area contributed by atoms with Gasteiger partial charge >= 0.3 is 11.9 Å². The first-order valence-electron chi connectivity index (χ1n) is 5.86. The minimum Gasteiger partial charge on any atom is -0.481 e. The summed E-state index contributed by atoms with van der Waals surface area (Å²) in [4.78, 5) is 33.5. The van der Waals surface area contributed by atoms with E-state index in [2.05, 4.69) is 5.32 Å². The monoisotopic (exact) mass is 274 g/mol. The summed E-state index contributed by atoms with van der Waals surface area (Å²) in [5.74, 6) is -2.92. The Kier molecular flexibility index (Phi) is 4.84. The molecule has 1 fully saturated rings. The second-order valence-corrected chi connectivity index (χ2v) is 4.84. The van der Waals surface area contributed by atoms with Crippen molar-refractivity contribution in [3.8, 4) is 0 Å². The van der Waals surface area contributed by atoms with E-state index in [4.69, 9.17) is 20.7 Å². The molecule has 0 bridgehead atoms. The van der Waals surface area contributed by atoms with Crippen molar-refractivity contribution in [2.75, 3.05) is 13.2 Å². The Labute approximate surface area is 109 Å². The van der Waals surface area contributed by atoms with E-state index >= 15 is 0 Å². The first kappa shape index (κ1) is 15.4. The molecule has 0 aromatic rings. The first-order chi connectivity index (χ1) is 8.77. The number of carbonyl (C=O) groups excluding carboxylic acids is 1. The molecular formula is C11H18N2O6. The molecule has 1 aliphatic rings. The maximum absolute atomic E-state index is 12.1. The normalized spacial score (nSPS) is 27.8. The number of rotatable bonds is 6. The highest BCUT2D eigenvalue weighted by molar-refractivity contribution is 5.88. The predicted molar refractivity (Wildman–Crippen MR) is 63.3 cm³/mol. The standard InChI is InChI=1S/C11H18N2O6/c1-11(5-19-4-7(11)12)10(18)13-6(9(16)17)2-3-8(14)15/h6-7H,2-5,12H2,1H3,(H,13,18)(H,14,15)(H,16,17). The van der Waals surface area contributed by atoms with Gasteiger partial charge < -0.3 is 26.0 Å². The van der Waals surface area contributed by atoms with Gasteiger partial charge in [-0.05, 0) is 13.3 Å². The molecule has 8 heteroatoms. The molecule has 5 N–H and O–H groups in total. The third kappa shape index (κ3) is 3.65. The zero-order valence-corrected chi connectivity index (χ0v) is 10.6. The molecule has 19 heavy (non-hydrogen) atoms. The van der Waals surface area contributed by atoms with Gasteiger partial charge in [0.15, 0.2) is 0 Å². The number of aliphatic carboxylic acids is 2. The van der Waals surface area contributed by atoms with Crippen molar-refractivity contribution in [3.05, 3.63) is 0 Å². The summed E-state index contributed by atoms with van der Waals surface area (Å²) >= 11 is 0. The molecule has 1 rings (SSSR count). The minimum absolute atomic E-state index is 0.116. The van der Waals surface area contributed by atoms with Gasteiger partial charge in [0.05, 0.1) is 18.6 Å². The van der Waals surface area contributed by atoms with Crippen LogP contribution in [-0.2, 0) is 19.1 Å². The Morgan fingerprint density at radius 3 is 2.53 bits per heavy atom. The molecule has 108 valence electrons. The maximum atomic E-state index is 12.1. The first-order valence-corrected chi connectivity index (χ1v) is 5.86. The van der Waals surface area contributed by atoms with E-state index in [1.165, 1.54) is 0 Å². The van der Waals surface area contributed by atoms with Gasteiger partial charge in [-0.25, -0.2) is 4.79 Å². The number of carboxylic acids is 2. The fraction of sp³-hybridized carbons (Fsp3) is 0.727. The van der Waals surface area contributed by atoms with Gasteiger partial charge in [0, 0.05) is 12.5 Å². The number of ether oxygens (including phenoxy) is 1. The van der Waals surface area contributed by atoms with E-state index in [0.717, 1.165) is 0 Å². The molecule has 0 aromatic heterocycles. The quantitative estimate of drug-likeness (QED) is 0.476. The van der Waals surface area contributed by atoms with Crippen molar-refractivity contribution in [1.82, 2.24) is 5.32 Å². The zero-order chi connectivity index (χ0) is 14.6. The van der Waals surface area contributed by atoms with Crippen LogP contribution in [-0.4, -0.2) is 53.4 Å². The molecule has 0 radical (unpaired) electrons. The van der Waals surface area contributed by atoms with E-state index in [0.29, 0.717) is 0 Å². The lowest BCUT2D eigenvalue weighted by Crippen LogP contribution is -2.54. The number of nitrogens with one attached hydrogen (secondary N) is 1. The molecule has 0 spiro atoms. The molecule has 3 atom stereocenters. The summed E-state index contributed by atoms with van der Waals surface area (Å²) in [6.45, 7) is 1.94. The number of carbonyl (C=O) groups is 3. The lowest BCUT2D eigenvalue weighted by atomic mass is 9.84. The van der Waals surface area contributed by atoms with Crippen LogP contribution in [0.2, 0.25) is 0 Å². The third-order valence-electron chi connectivity index (χ3n) is 3.29. The van der Waals surface area contributed by atoms with E-state index in [-0.39, 0.29) is 26.1 Å². The van der Waals surface area contributed by atoms with Crippen LogP contribution < -0.4 is 11.1 Å².